The summed E-state index contributed by atoms with van der Waals surface area (Å²) in [6, 6.07) is 13.6. The number of nitrogens with zero attached hydrogens (tertiary/aromatic N) is 2. The van der Waals surface area contributed by atoms with Crippen LogP contribution >= 0.6 is 11.8 Å². The molecule has 140 valence electrons. The maximum absolute atomic E-state index is 12.2. The summed E-state index contributed by atoms with van der Waals surface area (Å²) in [6.45, 7) is 2.04. The van der Waals surface area contributed by atoms with Crippen LogP contribution in [0.5, 0.6) is 11.5 Å². The molecule has 1 amide bonds. The Labute approximate surface area is 162 Å². The standard InChI is InChI=1S/C20H21N3O3S/c1-13-5-4-6-14(9-13)11-18-19(24)22-20(27-18)23-21-12-15-7-8-16(25-2)17(10-15)26-3/h4-10,12,18H,11H2,1-3H3,(H,22,23,24)/b21-12-/t18-/m1/s1. The molecule has 1 N–H and O–H groups in total. The number of rotatable bonds is 6. The third-order valence-electron chi connectivity index (χ3n) is 4.04. The van der Waals surface area contributed by atoms with Crippen molar-refractivity contribution in [1.29, 1.82) is 0 Å². The fourth-order valence-corrected chi connectivity index (χ4v) is 3.69. The quantitative estimate of drug-likeness (QED) is 0.614. The number of amides is 1. The van der Waals surface area contributed by atoms with E-state index >= 15 is 0 Å². The fourth-order valence-electron chi connectivity index (χ4n) is 2.72. The molecular weight excluding hydrogens is 362 g/mol. The zero-order valence-electron chi connectivity index (χ0n) is 15.4. The monoisotopic (exact) mass is 383 g/mol. The highest BCUT2D eigenvalue weighted by molar-refractivity contribution is 8.15. The zero-order chi connectivity index (χ0) is 19.2. The maximum Gasteiger partial charge on any atom is 0.239 e. The number of carbonyl (C=O) groups is 1. The number of aryl methyl sites for hydroxylation is 1. The normalized spacial score (nSPS) is 18.1. The van der Waals surface area contributed by atoms with E-state index in [-0.39, 0.29) is 11.2 Å². The Morgan fingerprint density at radius 2 is 1.96 bits per heavy atom. The van der Waals surface area contributed by atoms with Crippen LogP contribution in [-0.4, -0.2) is 36.8 Å². The van der Waals surface area contributed by atoms with Crippen LogP contribution in [-0.2, 0) is 11.2 Å². The molecule has 1 saturated heterocycles. The van der Waals surface area contributed by atoms with Crippen LogP contribution in [0.2, 0.25) is 0 Å². The highest BCUT2D eigenvalue weighted by Crippen LogP contribution is 2.27. The van der Waals surface area contributed by atoms with Crippen LogP contribution in [0.3, 0.4) is 0 Å². The summed E-state index contributed by atoms with van der Waals surface area (Å²) in [5.74, 6) is 1.23. The first-order valence-electron chi connectivity index (χ1n) is 8.45. The van der Waals surface area contributed by atoms with E-state index in [1.54, 1.807) is 26.5 Å². The zero-order valence-corrected chi connectivity index (χ0v) is 16.2. The van der Waals surface area contributed by atoms with E-state index in [2.05, 4.69) is 21.6 Å². The molecule has 0 bridgehead atoms. The molecule has 2 aromatic rings. The van der Waals surface area contributed by atoms with Crippen molar-refractivity contribution in [3.63, 3.8) is 0 Å². The molecule has 27 heavy (non-hydrogen) atoms. The van der Waals surface area contributed by atoms with Crippen molar-refractivity contribution in [2.24, 2.45) is 10.2 Å². The Kier molecular flexibility index (Phi) is 6.13. The van der Waals surface area contributed by atoms with Gasteiger partial charge in [0.25, 0.3) is 0 Å². The first-order valence-corrected chi connectivity index (χ1v) is 9.33. The minimum atomic E-state index is -0.193. The maximum atomic E-state index is 12.2. The van der Waals surface area contributed by atoms with Gasteiger partial charge in [0.05, 0.1) is 25.7 Å². The van der Waals surface area contributed by atoms with Gasteiger partial charge in [-0.2, -0.15) is 5.10 Å². The SMILES string of the molecule is COc1ccc(/C=N\N=C2/NC(=O)[C@@H](Cc3cccc(C)c3)S2)cc1OC. The largest absolute Gasteiger partial charge is 0.493 e. The summed E-state index contributed by atoms with van der Waals surface area (Å²) in [4.78, 5) is 12.2. The van der Waals surface area contributed by atoms with Crippen LogP contribution in [0.1, 0.15) is 16.7 Å². The molecule has 0 saturated carbocycles. The summed E-state index contributed by atoms with van der Waals surface area (Å²) in [7, 11) is 3.17. The molecule has 0 aromatic heterocycles. The highest BCUT2D eigenvalue weighted by Gasteiger charge is 2.30. The minimum Gasteiger partial charge on any atom is -0.493 e. The average Bonchev–Trinajstić information content (AvgIpc) is 3.01. The highest BCUT2D eigenvalue weighted by atomic mass is 32.2. The Morgan fingerprint density at radius 3 is 2.70 bits per heavy atom. The Hall–Kier alpha value is -2.80. The lowest BCUT2D eigenvalue weighted by atomic mass is 10.1. The number of amidine groups is 1. The summed E-state index contributed by atoms with van der Waals surface area (Å²) in [5, 5.41) is 11.3. The Balaban J connectivity index is 1.64. The molecule has 0 aliphatic carbocycles. The molecule has 3 rings (SSSR count). The van der Waals surface area contributed by atoms with Crippen LogP contribution in [0.4, 0.5) is 0 Å². The molecule has 1 atom stereocenters. The van der Waals surface area contributed by atoms with Gasteiger partial charge in [-0.05, 0) is 42.7 Å². The van der Waals surface area contributed by atoms with Crippen LogP contribution in [0, 0.1) is 6.92 Å². The predicted molar refractivity (Wildman–Crippen MR) is 109 cm³/mol. The van der Waals surface area contributed by atoms with Gasteiger partial charge in [0.2, 0.25) is 5.91 Å². The van der Waals surface area contributed by atoms with Crippen molar-refractivity contribution < 1.29 is 14.3 Å². The van der Waals surface area contributed by atoms with E-state index < -0.39 is 0 Å². The molecule has 1 fully saturated rings. The number of benzene rings is 2. The number of ether oxygens (including phenoxy) is 2. The van der Waals surface area contributed by atoms with E-state index in [0.717, 1.165) is 11.1 Å². The van der Waals surface area contributed by atoms with E-state index in [9.17, 15) is 4.79 Å². The van der Waals surface area contributed by atoms with Crippen molar-refractivity contribution in [3.8, 4) is 11.5 Å². The molecule has 6 nitrogen and oxygen atoms in total. The van der Waals surface area contributed by atoms with Crippen molar-refractivity contribution in [3.05, 3.63) is 59.2 Å². The molecule has 0 spiro atoms. The molecule has 7 heteroatoms. The first kappa shape index (κ1) is 19.0. The summed E-state index contributed by atoms with van der Waals surface area (Å²) >= 11 is 1.40. The summed E-state index contributed by atoms with van der Waals surface area (Å²) < 4.78 is 10.5. The Morgan fingerprint density at radius 1 is 1.15 bits per heavy atom. The van der Waals surface area contributed by atoms with Gasteiger partial charge >= 0.3 is 0 Å². The van der Waals surface area contributed by atoms with Gasteiger partial charge in [-0.1, -0.05) is 41.6 Å². The lowest BCUT2D eigenvalue weighted by Gasteiger charge is -2.07. The third-order valence-corrected chi connectivity index (χ3v) is 5.12. The lowest BCUT2D eigenvalue weighted by Crippen LogP contribution is -2.25. The van der Waals surface area contributed by atoms with Crippen molar-refractivity contribution >= 4 is 29.1 Å². The van der Waals surface area contributed by atoms with Gasteiger partial charge in [-0.3, -0.25) is 4.79 Å². The third kappa shape index (κ3) is 4.89. The smallest absolute Gasteiger partial charge is 0.239 e. The molecule has 0 unspecified atom stereocenters. The second kappa shape index (κ2) is 8.73. The van der Waals surface area contributed by atoms with E-state index in [1.807, 2.05) is 37.3 Å². The van der Waals surface area contributed by atoms with Crippen molar-refractivity contribution in [2.75, 3.05) is 14.2 Å². The van der Waals surface area contributed by atoms with E-state index in [0.29, 0.717) is 23.1 Å². The van der Waals surface area contributed by atoms with E-state index in [1.165, 1.54) is 17.3 Å². The molecule has 0 radical (unpaired) electrons. The van der Waals surface area contributed by atoms with Crippen molar-refractivity contribution in [2.45, 2.75) is 18.6 Å². The molecular formula is C20H21N3O3S. The van der Waals surface area contributed by atoms with Gasteiger partial charge in [0.15, 0.2) is 16.7 Å². The summed E-state index contributed by atoms with van der Waals surface area (Å²) in [5.41, 5.74) is 3.14. The first-order chi connectivity index (χ1) is 13.1. The topological polar surface area (TPSA) is 72.3 Å². The molecule has 1 aliphatic heterocycles. The number of carbonyl (C=O) groups excluding carboxylic acids is 1. The Bertz CT molecular complexity index is 896. The van der Waals surface area contributed by atoms with E-state index in [4.69, 9.17) is 9.47 Å². The molecule has 1 heterocycles. The van der Waals surface area contributed by atoms with Crippen molar-refractivity contribution in [1.82, 2.24) is 5.32 Å². The fraction of sp³-hybridized carbons (Fsp3) is 0.250. The van der Waals surface area contributed by atoms with Gasteiger partial charge in [0.1, 0.15) is 0 Å². The number of hydrogen-bond donors (Lipinski definition) is 1. The number of hydrogen-bond acceptors (Lipinski definition) is 6. The number of thioether (sulfide) groups is 1. The molecule has 1 aliphatic rings. The summed E-state index contributed by atoms with van der Waals surface area (Å²) in [6.07, 6.45) is 2.27. The minimum absolute atomic E-state index is 0.0402. The number of methoxy groups -OCH3 is 2. The van der Waals surface area contributed by atoms with Gasteiger partial charge in [0, 0.05) is 0 Å². The molecule has 2 aromatic carbocycles. The average molecular weight is 383 g/mol. The second-order valence-electron chi connectivity index (χ2n) is 6.05. The van der Waals surface area contributed by atoms with Gasteiger partial charge in [-0.15, -0.1) is 5.10 Å². The van der Waals surface area contributed by atoms with Crippen LogP contribution in [0.25, 0.3) is 0 Å². The van der Waals surface area contributed by atoms with Crippen LogP contribution in [0.15, 0.2) is 52.7 Å². The lowest BCUT2D eigenvalue weighted by molar-refractivity contribution is -0.118. The van der Waals surface area contributed by atoms with Gasteiger partial charge in [-0.25, -0.2) is 0 Å². The number of nitrogens with one attached hydrogen (secondary N) is 1. The van der Waals surface area contributed by atoms with Gasteiger partial charge < -0.3 is 14.8 Å². The van der Waals surface area contributed by atoms with Crippen LogP contribution < -0.4 is 14.8 Å². The predicted octanol–water partition coefficient (Wildman–Crippen LogP) is 3.18. The second-order valence-corrected chi connectivity index (χ2v) is 7.24.